The van der Waals surface area contributed by atoms with Crippen molar-refractivity contribution in [2.24, 2.45) is 0 Å². The number of aromatic nitrogens is 2. The Kier molecular flexibility index (Phi) is 5.11. The SMILES string of the molecule is Cc1ccc2sc(N(Cc3cccnc3)C(=O)c3ccc(Cl)cc3)nc2c1C. The van der Waals surface area contributed by atoms with Crippen LogP contribution in [-0.4, -0.2) is 15.9 Å². The molecule has 0 aliphatic carbocycles. The maximum absolute atomic E-state index is 13.3. The van der Waals surface area contributed by atoms with Gasteiger partial charge in [-0.2, -0.15) is 0 Å². The molecule has 0 fully saturated rings. The summed E-state index contributed by atoms with van der Waals surface area (Å²) in [5.74, 6) is -0.117. The van der Waals surface area contributed by atoms with Crippen LogP contribution in [0.4, 0.5) is 5.13 Å². The standard InChI is InChI=1S/C22H18ClN3OS/c1-14-5-10-19-20(15(14)2)25-22(28-19)26(13-16-4-3-11-24-12-16)21(27)17-6-8-18(23)9-7-17/h3-12H,13H2,1-2H3. The Morgan fingerprint density at radius 3 is 2.61 bits per heavy atom. The van der Waals surface area contributed by atoms with Crippen LogP contribution < -0.4 is 4.90 Å². The van der Waals surface area contributed by atoms with Crippen LogP contribution in [-0.2, 0) is 6.54 Å². The van der Waals surface area contributed by atoms with E-state index < -0.39 is 0 Å². The van der Waals surface area contributed by atoms with Crippen LogP contribution in [0.2, 0.25) is 5.02 Å². The maximum Gasteiger partial charge on any atom is 0.260 e. The number of carbonyl (C=O) groups is 1. The zero-order chi connectivity index (χ0) is 19.7. The number of hydrogen-bond acceptors (Lipinski definition) is 4. The van der Waals surface area contributed by atoms with Crippen molar-refractivity contribution in [3.05, 3.63) is 88.2 Å². The average molecular weight is 408 g/mol. The average Bonchev–Trinajstić information content (AvgIpc) is 3.15. The van der Waals surface area contributed by atoms with E-state index in [1.54, 1.807) is 41.6 Å². The number of thiazole rings is 1. The number of anilines is 1. The van der Waals surface area contributed by atoms with E-state index in [9.17, 15) is 4.79 Å². The topological polar surface area (TPSA) is 46.1 Å². The van der Waals surface area contributed by atoms with Gasteiger partial charge in [0.05, 0.1) is 16.8 Å². The molecule has 0 N–H and O–H groups in total. The van der Waals surface area contributed by atoms with Crippen LogP contribution in [0.25, 0.3) is 10.2 Å². The number of fused-ring (bicyclic) bond motifs is 1. The molecule has 0 atom stereocenters. The van der Waals surface area contributed by atoms with Crippen LogP contribution in [0.5, 0.6) is 0 Å². The van der Waals surface area contributed by atoms with Gasteiger partial charge < -0.3 is 0 Å². The second kappa shape index (κ2) is 7.70. The third kappa shape index (κ3) is 3.63. The van der Waals surface area contributed by atoms with Crippen LogP contribution >= 0.6 is 22.9 Å². The fourth-order valence-electron chi connectivity index (χ4n) is 2.98. The van der Waals surface area contributed by atoms with Crippen LogP contribution in [0.1, 0.15) is 27.0 Å². The zero-order valence-electron chi connectivity index (χ0n) is 15.5. The van der Waals surface area contributed by atoms with Gasteiger partial charge in [-0.1, -0.05) is 35.1 Å². The van der Waals surface area contributed by atoms with Crippen molar-refractivity contribution >= 4 is 44.2 Å². The van der Waals surface area contributed by atoms with Gasteiger partial charge in [-0.05, 0) is 66.9 Å². The van der Waals surface area contributed by atoms with Gasteiger partial charge in [0.2, 0.25) is 0 Å². The quantitative estimate of drug-likeness (QED) is 0.429. The molecule has 28 heavy (non-hydrogen) atoms. The fraction of sp³-hybridized carbons (Fsp3) is 0.136. The molecular weight excluding hydrogens is 390 g/mol. The van der Waals surface area contributed by atoms with Gasteiger partial charge in [-0.25, -0.2) is 4.98 Å². The fourth-order valence-corrected chi connectivity index (χ4v) is 4.13. The molecule has 4 rings (SSSR count). The molecule has 0 saturated heterocycles. The Labute approximate surface area is 172 Å². The van der Waals surface area contributed by atoms with Crippen LogP contribution in [0.15, 0.2) is 60.9 Å². The molecule has 4 nitrogen and oxygen atoms in total. The Morgan fingerprint density at radius 1 is 1.11 bits per heavy atom. The molecule has 0 saturated carbocycles. The van der Waals surface area contributed by atoms with E-state index in [1.165, 1.54) is 16.9 Å². The Balaban J connectivity index is 1.79. The van der Waals surface area contributed by atoms with Crippen molar-refractivity contribution < 1.29 is 4.79 Å². The lowest BCUT2D eigenvalue weighted by molar-refractivity contribution is 0.0985. The molecule has 1 amide bonds. The molecule has 0 spiro atoms. The number of hydrogen-bond donors (Lipinski definition) is 0. The van der Waals surface area contributed by atoms with E-state index in [-0.39, 0.29) is 5.91 Å². The van der Waals surface area contributed by atoms with E-state index >= 15 is 0 Å². The van der Waals surface area contributed by atoms with Gasteiger partial charge in [-0.15, -0.1) is 0 Å². The third-order valence-corrected chi connectivity index (χ3v) is 6.00. The molecule has 0 aliphatic heterocycles. The van der Waals surface area contributed by atoms with Crippen molar-refractivity contribution in [2.45, 2.75) is 20.4 Å². The number of halogens is 1. The highest BCUT2D eigenvalue weighted by Gasteiger charge is 2.22. The van der Waals surface area contributed by atoms with Crippen molar-refractivity contribution in [1.82, 2.24) is 9.97 Å². The number of amides is 1. The second-order valence-electron chi connectivity index (χ2n) is 6.61. The normalized spacial score (nSPS) is 11.0. The lowest BCUT2D eigenvalue weighted by Gasteiger charge is -2.20. The molecule has 0 radical (unpaired) electrons. The first kappa shape index (κ1) is 18.6. The van der Waals surface area contributed by atoms with E-state index in [1.807, 2.05) is 12.1 Å². The van der Waals surface area contributed by atoms with Gasteiger partial charge in [0.15, 0.2) is 5.13 Å². The highest BCUT2D eigenvalue weighted by molar-refractivity contribution is 7.22. The minimum Gasteiger partial charge on any atom is -0.279 e. The largest absolute Gasteiger partial charge is 0.279 e. The number of rotatable bonds is 4. The first-order chi connectivity index (χ1) is 13.5. The highest BCUT2D eigenvalue weighted by Crippen LogP contribution is 2.33. The molecule has 6 heteroatoms. The monoisotopic (exact) mass is 407 g/mol. The molecule has 2 aromatic heterocycles. The molecule has 2 aromatic carbocycles. The number of benzene rings is 2. The lowest BCUT2D eigenvalue weighted by atomic mass is 10.1. The minimum absolute atomic E-state index is 0.117. The van der Waals surface area contributed by atoms with Gasteiger partial charge in [-0.3, -0.25) is 14.7 Å². The molecule has 4 aromatic rings. The lowest BCUT2D eigenvalue weighted by Crippen LogP contribution is -2.30. The van der Waals surface area contributed by atoms with Crippen LogP contribution in [0, 0.1) is 13.8 Å². The summed E-state index contributed by atoms with van der Waals surface area (Å²) in [6.45, 7) is 4.53. The summed E-state index contributed by atoms with van der Waals surface area (Å²) in [5.41, 5.74) is 4.78. The second-order valence-corrected chi connectivity index (χ2v) is 8.06. The predicted molar refractivity (Wildman–Crippen MR) is 115 cm³/mol. The Morgan fingerprint density at radius 2 is 1.89 bits per heavy atom. The van der Waals surface area contributed by atoms with Gasteiger partial charge in [0, 0.05) is 23.0 Å². The first-order valence-corrected chi connectivity index (χ1v) is 10.1. The van der Waals surface area contributed by atoms with Gasteiger partial charge in [0.1, 0.15) is 0 Å². The smallest absolute Gasteiger partial charge is 0.260 e. The molecule has 2 heterocycles. The predicted octanol–water partition coefficient (Wildman–Crippen LogP) is 5.81. The molecule has 140 valence electrons. The number of carbonyl (C=O) groups excluding carboxylic acids is 1. The highest BCUT2D eigenvalue weighted by atomic mass is 35.5. The van der Waals surface area contributed by atoms with E-state index in [4.69, 9.17) is 16.6 Å². The minimum atomic E-state index is -0.117. The van der Waals surface area contributed by atoms with E-state index in [0.717, 1.165) is 21.3 Å². The van der Waals surface area contributed by atoms with Crippen LogP contribution in [0.3, 0.4) is 0 Å². The molecule has 0 aliphatic rings. The number of aryl methyl sites for hydroxylation is 2. The summed E-state index contributed by atoms with van der Waals surface area (Å²) >= 11 is 7.51. The molecular formula is C22H18ClN3OS. The van der Waals surface area contributed by atoms with Gasteiger partial charge in [0.25, 0.3) is 5.91 Å². The summed E-state index contributed by atoms with van der Waals surface area (Å²) in [6.07, 6.45) is 3.49. The van der Waals surface area contributed by atoms with E-state index in [0.29, 0.717) is 22.3 Å². The zero-order valence-corrected chi connectivity index (χ0v) is 17.1. The van der Waals surface area contributed by atoms with Crippen molar-refractivity contribution in [1.29, 1.82) is 0 Å². The van der Waals surface area contributed by atoms with Crippen molar-refractivity contribution in [3.8, 4) is 0 Å². The molecule has 0 bridgehead atoms. The summed E-state index contributed by atoms with van der Waals surface area (Å²) < 4.78 is 1.07. The maximum atomic E-state index is 13.3. The Hall–Kier alpha value is -2.76. The summed E-state index contributed by atoms with van der Waals surface area (Å²) in [5, 5.41) is 1.27. The molecule has 0 unspecified atom stereocenters. The van der Waals surface area contributed by atoms with Crippen molar-refractivity contribution in [3.63, 3.8) is 0 Å². The summed E-state index contributed by atoms with van der Waals surface area (Å²) in [4.78, 5) is 24.0. The Bertz CT molecular complexity index is 1140. The summed E-state index contributed by atoms with van der Waals surface area (Å²) in [7, 11) is 0. The van der Waals surface area contributed by atoms with Gasteiger partial charge >= 0.3 is 0 Å². The van der Waals surface area contributed by atoms with Crippen molar-refractivity contribution in [2.75, 3.05) is 4.90 Å². The number of nitrogens with zero attached hydrogens (tertiary/aromatic N) is 3. The third-order valence-electron chi connectivity index (χ3n) is 4.70. The van der Waals surface area contributed by atoms with E-state index in [2.05, 4.69) is 31.0 Å². The summed E-state index contributed by atoms with van der Waals surface area (Å²) in [6, 6.07) is 14.9. The number of pyridine rings is 1. The first-order valence-electron chi connectivity index (χ1n) is 8.86.